The third-order valence-corrected chi connectivity index (χ3v) is 7.39. The molecule has 1 N–H and O–H groups in total. The lowest BCUT2D eigenvalue weighted by atomic mass is 9.92. The average molecular weight is 493 g/mol. The van der Waals surface area contributed by atoms with E-state index in [1.54, 1.807) is 24.2 Å². The topological polar surface area (TPSA) is 90.1 Å². The van der Waals surface area contributed by atoms with E-state index >= 15 is 0 Å². The Balaban J connectivity index is 1.39. The Kier molecular flexibility index (Phi) is 6.14. The van der Waals surface area contributed by atoms with Crippen LogP contribution in [0.4, 0.5) is 0 Å². The summed E-state index contributed by atoms with van der Waals surface area (Å²) < 4.78 is 6.78. The monoisotopic (exact) mass is 492 g/mol. The molecule has 1 fully saturated rings. The van der Waals surface area contributed by atoms with Crippen molar-refractivity contribution in [2.24, 2.45) is 0 Å². The molecule has 0 unspecified atom stereocenters. The van der Waals surface area contributed by atoms with Crippen molar-refractivity contribution in [2.45, 2.75) is 44.2 Å². The van der Waals surface area contributed by atoms with Gasteiger partial charge in [0, 0.05) is 29.4 Å². The number of rotatable bonds is 5. The SMILES string of the molecule is COc1ccc(-c2ccc(Cc3cc4c(=O)n([C@H]5CCCC[C@@H]5O)cnc4c4ccccc34)cn2)cn1. The lowest BCUT2D eigenvalue weighted by molar-refractivity contribution is 0.0735. The molecule has 7 heteroatoms. The first-order chi connectivity index (χ1) is 18.1. The molecule has 0 bridgehead atoms. The van der Waals surface area contributed by atoms with E-state index < -0.39 is 6.10 Å². The zero-order valence-electron chi connectivity index (χ0n) is 20.7. The van der Waals surface area contributed by atoms with Gasteiger partial charge in [0.1, 0.15) is 0 Å². The summed E-state index contributed by atoms with van der Waals surface area (Å²) in [7, 11) is 1.59. The smallest absolute Gasteiger partial charge is 0.261 e. The molecule has 0 aliphatic heterocycles. The summed E-state index contributed by atoms with van der Waals surface area (Å²) in [5.41, 5.74) is 4.45. The largest absolute Gasteiger partial charge is 0.481 e. The van der Waals surface area contributed by atoms with Crippen LogP contribution in [0.3, 0.4) is 0 Å². The van der Waals surface area contributed by atoms with Crippen LogP contribution in [0.15, 0.2) is 78.1 Å². The van der Waals surface area contributed by atoms with E-state index in [1.807, 2.05) is 48.7 Å². The minimum atomic E-state index is -0.517. The van der Waals surface area contributed by atoms with Crippen LogP contribution in [0.1, 0.15) is 42.9 Å². The Morgan fingerprint density at radius 3 is 2.51 bits per heavy atom. The van der Waals surface area contributed by atoms with Gasteiger partial charge >= 0.3 is 0 Å². The lowest BCUT2D eigenvalue weighted by Crippen LogP contribution is -2.34. The number of fused-ring (bicyclic) bond motifs is 3. The maximum absolute atomic E-state index is 13.7. The van der Waals surface area contributed by atoms with Crippen molar-refractivity contribution in [3.05, 3.63) is 94.8 Å². The molecule has 1 aliphatic rings. The highest BCUT2D eigenvalue weighted by Crippen LogP contribution is 2.31. The molecule has 186 valence electrons. The van der Waals surface area contributed by atoms with Crippen LogP contribution in [0.5, 0.6) is 5.88 Å². The first-order valence-electron chi connectivity index (χ1n) is 12.7. The number of aliphatic hydroxyl groups excluding tert-OH is 1. The fraction of sp³-hybridized carbons (Fsp3) is 0.267. The van der Waals surface area contributed by atoms with Gasteiger partial charge in [0.2, 0.25) is 5.88 Å². The number of nitrogens with zero attached hydrogens (tertiary/aromatic N) is 4. The summed E-state index contributed by atoms with van der Waals surface area (Å²) in [6, 6.07) is 17.6. The van der Waals surface area contributed by atoms with Crippen LogP contribution in [0.2, 0.25) is 0 Å². The fourth-order valence-corrected chi connectivity index (χ4v) is 5.42. The normalized spacial score (nSPS) is 17.8. The molecule has 0 saturated heterocycles. The second kappa shape index (κ2) is 9.75. The maximum Gasteiger partial charge on any atom is 0.261 e. The number of hydrogen-bond acceptors (Lipinski definition) is 6. The highest BCUT2D eigenvalue weighted by Gasteiger charge is 2.26. The summed E-state index contributed by atoms with van der Waals surface area (Å²) in [5.74, 6) is 0.565. The fourth-order valence-electron chi connectivity index (χ4n) is 5.42. The minimum Gasteiger partial charge on any atom is -0.481 e. The van der Waals surface area contributed by atoms with Crippen LogP contribution in [-0.4, -0.2) is 37.8 Å². The standard InChI is InChI=1S/C30H28N4O3/c1-37-28-13-11-20(17-32-28)25-12-10-19(16-31-25)14-21-15-24-29(23-7-3-2-6-22(21)23)33-18-34(30(24)36)26-8-4-5-9-27(26)35/h2-3,6-7,10-13,15-18,26-27,35H,4-5,8-9,14H2,1H3/t26-,27-/m0/s1. The zero-order chi connectivity index (χ0) is 25.4. The molecule has 0 radical (unpaired) electrons. The number of aliphatic hydroxyl groups is 1. The predicted octanol–water partition coefficient (Wildman–Crippen LogP) is 5.08. The number of methoxy groups -OCH3 is 1. The molecule has 6 rings (SSSR count). The van der Waals surface area contributed by atoms with Gasteiger partial charge in [0.15, 0.2) is 0 Å². The second-order valence-corrected chi connectivity index (χ2v) is 9.67. The summed E-state index contributed by atoms with van der Waals surface area (Å²) in [6.07, 6.45) is 8.85. The lowest BCUT2D eigenvalue weighted by Gasteiger charge is -2.29. The predicted molar refractivity (Wildman–Crippen MR) is 144 cm³/mol. The number of aromatic nitrogens is 4. The van der Waals surface area contributed by atoms with E-state index in [0.717, 1.165) is 52.4 Å². The summed E-state index contributed by atoms with van der Waals surface area (Å²) in [6.45, 7) is 0. The van der Waals surface area contributed by atoms with Gasteiger partial charge in [0.25, 0.3) is 5.56 Å². The molecule has 1 saturated carbocycles. The molecule has 0 spiro atoms. The first-order valence-corrected chi connectivity index (χ1v) is 12.7. The van der Waals surface area contributed by atoms with Crippen molar-refractivity contribution >= 4 is 21.7 Å². The molecule has 0 amide bonds. The van der Waals surface area contributed by atoms with E-state index in [4.69, 9.17) is 9.72 Å². The quantitative estimate of drug-likeness (QED) is 0.344. The Hall–Kier alpha value is -4.10. The molecule has 7 nitrogen and oxygen atoms in total. The third kappa shape index (κ3) is 4.36. The first kappa shape index (κ1) is 23.3. The molecule has 2 aromatic carbocycles. The third-order valence-electron chi connectivity index (χ3n) is 7.39. The Morgan fingerprint density at radius 1 is 0.946 bits per heavy atom. The summed E-state index contributed by atoms with van der Waals surface area (Å²) in [5, 5.41) is 13.2. The summed E-state index contributed by atoms with van der Waals surface area (Å²) in [4.78, 5) is 27.3. The van der Waals surface area contributed by atoms with E-state index in [0.29, 0.717) is 29.6 Å². The van der Waals surface area contributed by atoms with Gasteiger partial charge in [-0.25, -0.2) is 9.97 Å². The molecule has 2 atom stereocenters. The Labute approximate surface area is 214 Å². The molecule has 1 aliphatic carbocycles. The van der Waals surface area contributed by atoms with E-state index in [9.17, 15) is 9.90 Å². The highest BCUT2D eigenvalue weighted by molar-refractivity contribution is 6.06. The molecular weight excluding hydrogens is 464 g/mol. The van der Waals surface area contributed by atoms with Crippen LogP contribution >= 0.6 is 0 Å². The molecule has 3 heterocycles. The van der Waals surface area contributed by atoms with E-state index in [2.05, 4.69) is 22.1 Å². The maximum atomic E-state index is 13.7. The van der Waals surface area contributed by atoms with Crippen molar-refractivity contribution < 1.29 is 9.84 Å². The van der Waals surface area contributed by atoms with Crippen LogP contribution in [0.25, 0.3) is 32.9 Å². The van der Waals surface area contributed by atoms with E-state index in [1.165, 1.54) is 0 Å². The van der Waals surface area contributed by atoms with Crippen LogP contribution in [0, 0.1) is 0 Å². The Bertz CT molecular complexity index is 1630. The van der Waals surface area contributed by atoms with Crippen molar-refractivity contribution in [3.8, 4) is 17.1 Å². The molecule has 3 aromatic heterocycles. The minimum absolute atomic E-state index is 0.0940. The van der Waals surface area contributed by atoms with Crippen molar-refractivity contribution in [1.29, 1.82) is 0 Å². The number of ether oxygens (including phenoxy) is 1. The summed E-state index contributed by atoms with van der Waals surface area (Å²) >= 11 is 0. The van der Waals surface area contributed by atoms with Gasteiger partial charge in [-0.3, -0.25) is 14.3 Å². The van der Waals surface area contributed by atoms with Crippen LogP contribution in [-0.2, 0) is 6.42 Å². The highest BCUT2D eigenvalue weighted by atomic mass is 16.5. The average Bonchev–Trinajstić information content (AvgIpc) is 2.95. The molecular formula is C30H28N4O3. The second-order valence-electron chi connectivity index (χ2n) is 9.67. The zero-order valence-corrected chi connectivity index (χ0v) is 20.7. The van der Waals surface area contributed by atoms with Crippen molar-refractivity contribution in [1.82, 2.24) is 19.5 Å². The van der Waals surface area contributed by atoms with Gasteiger partial charge in [-0.1, -0.05) is 43.2 Å². The number of hydrogen-bond donors (Lipinski definition) is 1. The molecule has 5 aromatic rings. The van der Waals surface area contributed by atoms with Crippen molar-refractivity contribution in [2.75, 3.05) is 7.11 Å². The number of benzene rings is 2. The van der Waals surface area contributed by atoms with Crippen LogP contribution < -0.4 is 10.3 Å². The van der Waals surface area contributed by atoms with Gasteiger partial charge < -0.3 is 9.84 Å². The number of pyridine rings is 2. The van der Waals surface area contributed by atoms with Crippen molar-refractivity contribution in [3.63, 3.8) is 0 Å². The molecule has 37 heavy (non-hydrogen) atoms. The Morgan fingerprint density at radius 2 is 1.78 bits per heavy atom. The van der Waals surface area contributed by atoms with Gasteiger partial charge in [-0.15, -0.1) is 0 Å². The van der Waals surface area contributed by atoms with Gasteiger partial charge in [-0.05, 0) is 54.0 Å². The van der Waals surface area contributed by atoms with E-state index in [-0.39, 0.29) is 11.6 Å². The van der Waals surface area contributed by atoms with Gasteiger partial charge in [0.05, 0.1) is 42.2 Å². The van der Waals surface area contributed by atoms with Gasteiger partial charge in [-0.2, -0.15) is 0 Å².